The first kappa shape index (κ1) is 14.0. The van der Waals surface area contributed by atoms with Gasteiger partial charge in [-0.3, -0.25) is 9.69 Å². The van der Waals surface area contributed by atoms with Crippen LogP contribution in [0.2, 0.25) is 0 Å². The van der Waals surface area contributed by atoms with Crippen molar-refractivity contribution in [1.29, 1.82) is 0 Å². The van der Waals surface area contributed by atoms with Gasteiger partial charge in [0.1, 0.15) is 0 Å². The molecule has 2 aliphatic rings. The van der Waals surface area contributed by atoms with Crippen LogP contribution >= 0.6 is 11.3 Å². The number of aryl methyl sites for hydroxylation is 1. The molecule has 3 heterocycles. The zero-order valence-electron chi connectivity index (χ0n) is 12.3. The van der Waals surface area contributed by atoms with Crippen LogP contribution in [-0.2, 0) is 16.1 Å². The van der Waals surface area contributed by atoms with E-state index in [9.17, 15) is 4.79 Å². The normalized spacial score (nSPS) is 29.6. The van der Waals surface area contributed by atoms with E-state index in [4.69, 9.17) is 4.74 Å². The maximum Gasteiger partial charge on any atom is 0.232 e. The van der Waals surface area contributed by atoms with Gasteiger partial charge < -0.3 is 9.64 Å². The van der Waals surface area contributed by atoms with Crippen molar-refractivity contribution in [3.05, 3.63) is 16.1 Å². The minimum atomic E-state index is -0.331. The van der Waals surface area contributed by atoms with Crippen molar-refractivity contribution >= 4 is 17.2 Å². The predicted octanol–water partition coefficient (Wildman–Crippen LogP) is 0.988. The second kappa shape index (κ2) is 5.09. The van der Waals surface area contributed by atoms with E-state index in [1.807, 2.05) is 26.5 Å². The molecule has 110 valence electrons. The predicted molar refractivity (Wildman–Crippen MR) is 77.6 cm³/mol. The van der Waals surface area contributed by atoms with E-state index in [0.29, 0.717) is 19.1 Å². The van der Waals surface area contributed by atoms with Gasteiger partial charge in [0, 0.05) is 44.5 Å². The molecule has 5 nitrogen and oxygen atoms in total. The van der Waals surface area contributed by atoms with E-state index in [-0.39, 0.29) is 11.3 Å². The van der Waals surface area contributed by atoms with Crippen LogP contribution in [0.25, 0.3) is 0 Å². The summed E-state index contributed by atoms with van der Waals surface area (Å²) in [6, 6.07) is 0. The third-order valence-electron chi connectivity index (χ3n) is 4.49. The number of aromatic nitrogens is 1. The number of fused-ring (bicyclic) bond motifs is 1. The first-order valence-electron chi connectivity index (χ1n) is 6.94. The maximum absolute atomic E-state index is 12.6. The number of hydrogen-bond acceptors (Lipinski definition) is 5. The Morgan fingerprint density at radius 3 is 3.10 bits per heavy atom. The number of hydrogen-bond donors (Lipinski definition) is 0. The highest BCUT2D eigenvalue weighted by Crippen LogP contribution is 2.43. The molecule has 2 aliphatic heterocycles. The minimum Gasteiger partial charge on any atom is -0.380 e. The Kier molecular flexibility index (Phi) is 3.56. The average molecular weight is 295 g/mol. The SMILES string of the molecule is Cc1ncsc1CN1C[C@@H]2COC[C@]2(C(=O)N(C)C)C1. The molecule has 0 saturated carbocycles. The molecule has 20 heavy (non-hydrogen) atoms. The number of carbonyl (C=O) groups excluding carboxylic acids is 1. The van der Waals surface area contributed by atoms with Crippen molar-refractivity contribution in [3.63, 3.8) is 0 Å². The quantitative estimate of drug-likeness (QED) is 0.834. The van der Waals surface area contributed by atoms with Crippen molar-refractivity contribution in [2.75, 3.05) is 40.4 Å². The molecule has 0 spiro atoms. The Morgan fingerprint density at radius 1 is 1.65 bits per heavy atom. The van der Waals surface area contributed by atoms with E-state index < -0.39 is 0 Å². The summed E-state index contributed by atoms with van der Waals surface area (Å²) in [5.41, 5.74) is 2.67. The monoisotopic (exact) mass is 295 g/mol. The molecule has 1 aromatic heterocycles. The summed E-state index contributed by atoms with van der Waals surface area (Å²) in [6.07, 6.45) is 0. The summed E-state index contributed by atoms with van der Waals surface area (Å²) in [4.78, 5) is 22.3. The van der Waals surface area contributed by atoms with Crippen LogP contribution in [0.4, 0.5) is 0 Å². The second-order valence-corrected chi connectivity index (χ2v) is 7.04. The smallest absolute Gasteiger partial charge is 0.232 e. The Bertz CT molecular complexity index is 516. The van der Waals surface area contributed by atoms with Gasteiger partial charge >= 0.3 is 0 Å². The summed E-state index contributed by atoms with van der Waals surface area (Å²) >= 11 is 1.70. The number of likely N-dealkylation sites (tertiary alicyclic amines) is 1. The molecule has 2 saturated heterocycles. The number of carbonyl (C=O) groups is 1. The Morgan fingerprint density at radius 2 is 2.45 bits per heavy atom. The molecule has 0 aliphatic carbocycles. The molecular weight excluding hydrogens is 274 g/mol. The van der Waals surface area contributed by atoms with Gasteiger partial charge in [0.2, 0.25) is 5.91 Å². The number of rotatable bonds is 3. The molecule has 2 atom stereocenters. The molecule has 0 N–H and O–H groups in total. The summed E-state index contributed by atoms with van der Waals surface area (Å²) in [6.45, 7) is 5.95. The van der Waals surface area contributed by atoms with E-state index in [2.05, 4.69) is 9.88 Å². The zero-order valence-corrected chi connectivity index (χ0v) is 13.1. The van der Waals surface area contributed by atoms with Gasteiger partial charge in [0.25, 0.3) is 0 Å². The van der Waals surface area contributed by atoms with Crippen LogP contribution in [0, 0.1) is 18.3 Å². The van der Waals surface area contributed by atoms with E-state index in [0.717, 1.165) is 25.3 Å². The molecule has 1 amide bonds. The Hall–Kier alpha value is -0.980. The molecule has 0 radical (unpaired) electrons. The van der Waals surface area contributed by atoms with Crippen molar-refractivity contribution < 1.29 is 9.53 Å². The number of ether oxygens (including phenoxy) is 1. The third kappa shape index (κ3) is 2.16. The number of thiazole rings is 1. The van der Waals surface area contributed by atoms with E-state index in [1.54, 1.807) is 16.2 Å². The summed E-state index contributed by atoms with van der Waals surface area (Å²) in [5, 5.41) is 0. The fourth-order valence-electron chi connectivity index (χ4n) is 3.39. The van der Waals surface area contributed by atoms with Crippen LogP contribution < -0.4 is 0 Å². The fourth-order valence-corrected chi connectivity index (χ4v) is 4.21. The van der Waals surface area contributed by atoms with Gasteiger partial charge in [-0.1, -0.05) is 0 Å². The summed E-state index contributed by atoms with van der Waals surface area (Å²) in [7, 11) is 3.67. The van der Waals surface area contributed by atoms with E-state index in [1.165, 1.54) is 4.88 Å². The Balaban J connectivity index is 1.77. The molecule has 0 bridgehead atoms. The van der Waals surface area contributed by atoms with Crippen molar-refractivity contribution in [1.82, 2.24) is 14.8 Å². The molecule has 3 rings (SSSR count). The number of nitrogens with zero attached hydrogens (tertiary/aromatic N) is 3. The Labute approximate surface area is 123 Å². The lowest BCUT2D eigenvalue weighted by atomic mass is 9.80. The standard InChI is InChI=1S/C14H21N3O2S/c1-10-12(20-9-15-10)5-17-4-11-6-19-8-14(11,7-17)13(18)16(2)3/h9,11H,4-8H2,1-3H3/t11-,14-/m1/s1. The van der Waals surface area contributed by atoms with Gasteiger partial charge in [0.15, 0.2) is 0 Å². The topological polar surface area (TPSA) is 45.7 Å². The number of amides is 1. The second-order valence-electron chi connectivity index (χ2n) is 6.10. The largest absolute Gasteiger partial charge is 0.380 e. The lowest BCUT2D eigenvalue weighted by molar-refractivity contribution is -0.140. The van der Waals surface area contributed by atoms with Gasteiger partial charge in [-0.25, -0.2) is 4.98 Å². The molecule has 1 aromatic rings. The first-order valence-corrected chi connectivity index (χ1v) is 7.82. The lowest BCUT2D eigenvalue weighted by Gasteiger charge is -2.29. The fraction of sp³-hybridized carbons (Fsp3) is 0.714. The van der Waals surface area contributed by atoms with Crippen molar-refractivity contribution in [3.8, 4) is 0 Å². The zero-order chi connectivity index (χ0) is 14.3. The molecule has 6 heteroatoms. The van der Waals surface area contributed by atoms with Crippen LogP contribution in [0.5, 0.6) is 0 Å². The van der Waals surface area contributed by atoms with Crippen molar-refractivity contribution in [2.24, 2.45) is 11.3 Å². The maximum atomic E-state index is 12.6. The van der Waals surface area contributed by atoms with Gasteiger partial charge in [-0.05, 0) is 6.92 Å². The van der Waals surface area contributed by atoms with Crippen LogP contribution in [0.1, 0.15) is 10.6 Å². The lowest BCUT2D eigenvalue weighted by Crippen LogP contribution is -2.46. The minimum absolute atomic E-state index is 0.212. The third-order valence-corrected chi connectivity index (χ3v) is 5.41. The van der Waals surface area contributed by atoms with Gasteiger partial charge in [0.05, 0.1) is 29.8 Å². The average Bonchev–Trinajstić information content (AvgIpc) is 3.04. The van der Waals surface area contributed by atoms with Gasteiger partial charge in [-0.15, -0.1) is 11.3 Å². The summed E-state index contributed by atoms with van der Waals surface area (Å²) < 4.78 is 5.61. The van der Waals surface area contributed by atoms with Crippen molar-refractivity contribution in [2.45, 2.75) is 13.5 Å². The highest BCUT2D eigenvalue weighted by atomic mass is 32.1. The molecule has 0 unspecified atom stereocenters. The van der Waals surface area contributed by atoms with Crippen LogP contribution in [0.15, 0.2) is 5.51 Å². The van der Waals surface area contributed by atoms with Crippen LogP contribution in [0.3, 0.4) is 0 Å². The molecule has 0 aromatic carbocycles. The highest BCUT2D eigenvalue weighted by Gasteiger charge is 2.56. The first-order chi connectivity index (χ1) is 9.53. The molecular formula is C14H21N3O2S. The van der Waals surface area contributed by atoms with Crippen LogP contribution in [-0.4, -0.2) is 61.1 Å². The summed E-state index contributed by atoms with van der Waals surface area (Å²) in [5.74, 6) is 0.536. The van der Waals surface area contributed by atoms with E-state index >= 15 is 0 Å². The van der Waals surface area contributed by atoms with Gasteiger partial charge in [-0.2, -0.15) is 0 Å². The molecule has 2 fully saturated rings. The highest BCUT2D eigenvalue weighted by molar-refractivity contribution is 7.09.